The van der Waals surface area contributed by atoms with E-state index in [1.807, 2.05) is 0 Å². The van der Waals surface area contributed by atoms with E-state index in [-0.39, 0.29) is 17.6 Å². The third kappa shape index (κ3) is 3.03. The summed E-state index contributed by atoms with van der Waals surface area (Å²) in [4.78, 5) is 4.58. The van der Waals surface area contributed by atoms with E-state index >= 15 is 0 Å². The number of amidine groups is 1. The van der Waals surface area contributed by atoms with Crippen LogP contribution >= 0.6 is 11.8 Å². The molecule has 0 amide bonds. The summed E-state index contributed by atoms with van der Waals surface area (Å²) in [6, 6.07) is 0.251. The molecule has 0 spiro atoms. The molecule has 4 atom stereocenters. The highest BCUT2D eigenvalue weighted by molar-refractivity contribution is 8.14. The van der Waals surface area contributed by atoms with Crippen molar-refractivity contribution >= 4 is 16.9 Å². The zero-order valence-corrected chi connectivity index (χ0v) is 10.9. The van der Waals surface area contributed by atoms with E-state index in [1.165, 1.54) is 0 Å². The minimum Gasteiger partial charge on any atom is -0.390 e. The van der Waals surface area contributed by atoms with Crippen LogP contribution in [0.15, 0.2) is 17.6 Å². The molecule has 0 radical (unpaired) electrons. The lowest BCUT2D eigenvalue weighted by Crippen LogP contribution is -2.40. The maximum absolute atomic E-state index is 9.90. The molecule has 4 nitrogen and oxygen atoms in total. The van der Waals surface area contributed by atoms with Crippen LogP contribution in [0.3, 0.4) is 0 Å². The van der Waals surface area contributed by atoms with Crippen molar-refractivity contribution in [1.29, 1.82) is 0 Å². The minimum absolute atomic E-state index is 0.0714. The van der Waals surface area contributed by atoms with Gasteiger partial charge in [0.15, 0.2) is 5.17 Å². The number of nitrogens with one attached hydrogen (secondary N) is 1. The summed E-state index contributed by atoms with van der Waals surface area (Å²) in [7, 11) is 0. The molecule has 1 fully saturated rings. The van der Waals surface area contributed by atoms with Crippen LogP contribution in [0, 0.1) is 0 Å². The summed E-state index contributed by atoms with van der Waals surface area (Å²) in [6.45, 7) is 6.59. The largest absolute Gasteiger partial charge is 0.390 e. The van der Waals surface area contributed by atoms with Crippen molar-refractivity contribution in [3.8, 4) is 0 Å². The van der Waals surface area contributed by atoms with Gasteiger partial charge in [0.2, 0.25) is 0 Å². The van der Waals surface area contributed by atoms with Crippen molar-refractivity contribution in [3.63, 3.8) is 0 Å². The van der Waals surface area contributed by atoms with E-state index in [9.17, 15) is 5.11 Å². The number of rotatable bonds is 4. The van der Waals surface area contributed by atoms with Crippen molar-refractivity contribution in [3.05, 3.63) is 12.7 Å². The molecule has 0 aromatic carbocycles. The molecular weight excluding hydrogens is 236 g/mol. The van der Waals surface area contributed by atoms with Gasteiger partial charge in [-0.15, -0.1) is 6.58 Å². The van der Waals surface area contributed by atoms with Gasteiger partial charge in [-0.2, -0.15) is 0 Å². The van der Waals surface area contributed by atoms with Gasteiger partial charge in [0.1, 0.15) is 5.44 Å². The molecule has 17 heavy (non-hydrogen) atoms. The van der Waals surface area contributed by atoms with Crippen LogP contribution in [0.5, 0.6) is 0 Å². The van der Waals surface area contributed by atoms with Gasteiger partial charge in [-0.25, -0.2) is 0 Å². The Morgan fingerprint density at radius 2 is 2.53 bits per heavy atom. The molecule has 0 aromatic rings. The van der Waals surface area contributed by atoms with Crippen LogP contribution in [0.2, 0.25) is 0 Å². The van der Waals surface area contributed by atoms with Gasteiger partial charge < -0.3 is 15.2 Å². The molecule has 2 aliphatic heterocycles. The zero-order valence-electron chi connectivity index (χ0n) is 10.1. The number of aliphatic hydroxyl groups is 1. The Bertz CT molecular complexity index is 309. The number of hydrogen-bond acceptors (Lipinski definition) is 5. The highest BCUT2D eigenvalue weighted by Crippen LogP contribution is 2.36. The summed E-state index contributed by atoms with van der Waals surface area (Å²) < 4.78 is 5.91. The summed E-state index contributed by atoms with van der Waals surface area (Å²) in [5, 5.41) is 14.1. The van der Waals surface area contributed by atoms with Gasteiger partial charge in [0, 0.05) is 6.54 Å². The van der Waals surface area contributed by atoms with Gasteiger partial charge in [-0.3, -0.25) is 4.99 Å². The number of nitrogens with zero attached hydrogens (tertiary/aromatic N) is 1. The van der Waals surface area contributed by atoms with Crippen LogP contribution < -0.4 is 5.32 Å². The first kappa shape index (κ1) is 12.9. The Morgan fingerprint density at radius 1 is 1.71 bits per heavy atom. The lowest BCUT2D eigenvalue weighted by molar-refractivity contribution is -0.0779. The topological polar surface area (TPSA) is 53.9 Å². The Morgan fingerprint density at radius 3 is 3.24 bits per heavy atom. The van der Waals surface area contributed by atoms with Crippen molar-refractivity contribution in [2.75, 3.05) is 6.54 Å². The van der Waals surface area contributed by atoms with E-state index in [0.717, 1.165) is 24.6 Å². The molecule has 0 saturated carbocycles. The van der Waals surface area contributed by atoms with Crippen molar-refractivity contribution < 1.29 is 9.84 Å². The summed E-state index contributed by atoms with van der Waals surface area (Å²) in [5.41, 5.74) is 0.0715. The lowest BCUT2D eigenvalue weighted by atomic mass is 9.99. The number of aliphatic hydroxyl groups excluding tert-OH is 1. The highest BCUT2D eigenvalue weighted by Gasteiger charge is 2.38. The molecule has 0 bridgehead atoms. The predicted octanol–water partition coefficient (Wildman–Crippen LogP) is 1.51. The molecule has 0 aliphatic carbocycles. The molecule has 96 valence electrons. The van der Waals surface area contributed by atoms with Gasteiger partial charge >= 0.3 is 0 Å². The summed E-state index contributed by atoms with van der Waals surface area (Å²) >= 11 is 1.64. The predicted molar refractivity (Wildman–Crippen MR) is 71.2 cm³/mol. The van der Waals surface area contributed by atoms with E-state index < -0.39 is 6.10 Å². The number of aliphatic imine (C=N–C) groups is 1. The lowest BCUT2D eigenvalue weighted by Gasteiger charge is -2.32. The van der Waals surface area contributed by atoms with Crippen LogP contribution in [0.4, 0.5) is 0 Å². The van der Waals surface area contributed by atoms with Gasteiger partial charge in [-0.05, 0) is 26.2 Å². The monoisotopic (exact) mass is 256 g/mol. The number of ether oxygens (including phenoxy) is 1. The zero-order chi connectivity index (χ0) is 12.3. The molecule has 0 unspecified atom stereocenters. The fourth-order valence-corrected chi connectivity index (χ4v) is 3.37. The highest BCUT2D eigenvalue weighted by atomic mass is 32.2. The van der Waals surface area contributed by atoms with Crippen LogP contribution in [0.25, 0.3) is 0 Å². The molecule has 2 N–H and O–H groups in total. The molecule has 2 rings (SSSR count). The van der Waals surface area contributed by atoms with E-state index in [4.69, 9.17) is 4.74 Å². The van der Waals surface area contributed by atoms with Crippen LogP contribution in [0.1, 0.15) is 26.2 Å². The molecular formula is C12H20N2O2S. The smallest absolute Gasteiger partial charge is 0.159 e. The first-order valence-electron chi connectivity index (χ1n) is 6.17. The summed E-state index contributed by atoms with van der Waals surface area (Å²) in [6.07, 6.45) is 3.69. The molecule has 2 heterocycles. The van der Waals surface area contributed by atoms with Crippen molar-refractivity contribution in [2.45, 2.75) is 49.9 Å². The Labute approximate surface area is 107 Å². The molecule has 2 aliphatic rings. The SMILES string of the molecule is C=CC[C@H](O)[C@H]1CC[C@H]2N=C(NCC)S[C@H]2O1. The second kappa shape index (κ2) is 5.89. The van der Waals surface area contributed by atoms with Gasteiger partial charge in [0.25, 0.3) is 0 Å². The molecule has 0 aromatic heterocycles. The van der Waals surface area contributed by atoms with E-state index in [0.29, 0.717) is 6.42 Å². The maximum Gasteiger partial charge on any atom is 0.159 e. The van der Waals surface area contributed by atoms with Crippen molar-refractivity contribution in [1.82, 2.24) is 5.32 Å². The Hall–Kier alpha value is -0.520. The fourth-order valence-electron chi connectivity index (χ4n) is 2.17. The van der Waals surface area contributed by atoms with Gasteiger partial charge in [-0.1, -0.05) is 17.8 Å². The number of fused-ring (bicyclic) bond motifs is 1. The number of hydrogen-bond donors (Lipinski definition) is 2. The minimum atomic E-state index is -0.433. The number of thioether (sulfide) groups is 1. The third-order valence-electron chi connectivity index (χ3n) is 3.05. The Balaban J connectivity index is 1.88. The molecule has 1 saturated heterocycles. The fraction of sp³-hybridized carbons (Fsp3) is 0.750. The summed E-state index contributed by atoms with van der Waals surface area (Å²) in [5.74, 6) is 0. The quantitative estimate of drug-likeness (QED) is 0.749. The first-order valence-corrected chi connectivity index (χ1v) is 7.05. The second-order valence-electron chi connectivity index (χ2n) is 4.36. The Kier molecular flexibility index (Phi) is 4.48. The second-order valence-corrected chi connectivity index (χ2v) is 5.45. The van der Waals surface area contributed by atoms with Crippen LogP contribution in [-0.2, 0) is 4.74 Å². The van der Waals surface area contributed by atoms with E-state index in [1.54, 1.807) is 17.8 Å². The van der Waals surface area contributed by atoms with Gasteiger partial charge in [0.05, 0.1) is 18.2 Å². The normalized spacial score (nSPS) is 33.8. The maximum atomic E-state index is 9.90. The average molecular weight is 256 g/mol. The van der Waals surface area contributed by atoms with E-state index in [2.05, 4.69) is 23.8 Å². The van der Waals surface area contributed by atoms with Crippen molar-refractivity contribution in [2.24, 2.45) is 4.99 Å². The average Bonchev–Trinajstić information content (AvgIpc) is 2.71. The third-order valence-corrected chi connectivity index (χ3v) is 4.18. The first-order chi connectivity index (χ1) is 8.24. The molecule has 5 heteroatoms. The standard InChI is InChI=1S/C12H20N2O2S/c1-3-5-9(15)10-7-6-8-11(16-10)17-12(14-8)13-4-2/h3,8-11,15H,1,4-7H2,2H3,(H,13,14)/t8-,9+,10-,11-/m1/s1. The van der Waals surface area contributed by atoms with Crippen LogP contribution in [-0.4, -0.2) is 40.5 Å².